The van der Waals surface area contributed by atoms with Crippen molar-refractivity contribution in [3.63, 3.8) is 0 Å². The van der Waals surface area contributed by atoms with E-state index in [4.69, 9.17) is 28.4 Å². The highest BCUT2D eigenvalue weighted by atomic mass is 16.6. The molecule has 1 aromatic carbocycles. The van der Waals surface area contributed by atoms with Gasteiger partial charge < -0.3 is 33.7 Å². The average molecular weight is 612 g/mol. The molecule has 1 aromatic rings. The van der Waals surface area contributed by atoms with Crippen molar-refractivity contribution in [2.24, 2.45) is 0 Å². The normalized spacial score (nSPS) is 18.7. The molecule has 1 heterocycles. The van der Waals surface area contributed by atoms with Gasteiger partial charge >= 0.3 is 35.9 Å². The average Bonchev–Trinajstić information content (AvgIpc) is 3.22. The summed E-state index contributed by atoms with van der Waals surface area (Å²) in [6.07, 6.45) is -8.01. The first-order valence-electron chi connectivity index (χ1n) is 12.9. The van der Waals surface area contributed by atoms with E-state index in [1.165, 1.54) is 24.3 Å². The first-order valence-corrected chi connectivity index (χ1v) is 12.9. The van der Waals surface area contributed by atoms with E-state index in [0.29, 0.717) is 0 Å². The minimum absolute atomic E-state index is 0.0144. The molecule has 2 rings (SSSR count). The Morgan fingerprint density at radius 3 is 1.86 bits per heavy atom. The quantitative estimate of drug-likeness (QED) is 0.135. The number of amides is 2. The smallest absolute Gasteiger partial charge is 0.324 e. The second-order valence-corrected chi connectivity index (χ2v) is 9.14. The molecule has 6 atom stereocenters. The van der Waals surface area contributed by atoms with Gasteiger partial charge in [-0.2, -0.15) is 0 Å². The molecule has 1 aliphatic heterocycles. The lowest BCUT2D eigenvalue weighted by Crippen LogP contribution is -2.60. The summed E-state index contributed by atoms with van der Waals surface area (Å²) in [6.45, 7) is 6.11. The Bertz CT molecular complexity index is 1220. The maximum atomic E-state index is 13.3. The number of nitro benzene ring substituents is 1. The fraction of sp³-hybridized carbons (Fsp3) is 0.538. The van der Waals surface area contributed by atoms with Crippen molar-refractivity contribution < 1.29 is 62.1 Å². The molecule has 1 saturated heterocycles. The summed E-state index contributed by atoms with van der Waals surface area (Å²) in [4.78, 5) is 85.3. The number of carbonyl (C=O) groups is 6. The van der Waals surface area contributed by atoms with Gasteiger partial charge in [-0.1, -0.05) is 0 Å². The van der Waals surface area contributed by atoms with Crippen molar-refractivity contribution in [1.29, 1.82) is 0 Å². The van der Waals surface area contributed by atoms with Gasteiger partial charge in [-0.25, -0.2) is 4.79 Å². The molecule has 0 radical (unpaired) electrons. The SMILES string of the molecule is CCO[C@H]1[C@H]([C@H](OC(C)=O)[C@@H](OC(C)=O)[C@@H](OC(C)=O)[C@@H](COC(C)=O)OC(C)=O)NC(=O)N1c1ccc([N+](=O)[O-])cc1. The molecule has 0 bridgehead atoms. The summed E-state index contributed by atoms with van der Waals surface area (Å²) in [5.41, 5.74) is -0.0760. The Hall–Kier alpha value is -4.80. The molecule has 0 aromatic heterocycles. The van der Waals surface area contributed by atoms with Gasteiger partial charge in [0, 0.05) is 59.0 Å². The van der Waals surface area contributed by atoms with Crippen molar-refractivity contribution in [2.75, 3.05) is 18.1 Å². The van der Waals surface area contributed by atoms with E-state index in [1.54, 1.807) is 6.92 Å². The second kappa shape index (κ2) is 15.4. The van der Waals surface area contributed by atoms with Gasteiger partial charge in [-0.15, -0.1) is 0 Å². The van der Waals surface area contributed by atoms with Crippen molar-refractivity contribution in [2.45, 2.75) is 78.2 Å². The minimum atomic E-state index is -1.77. The van der Waals surface area contributed by atoms with Gasteiger partial charge in [-0.3, -0.25) is 39.0 Å². The fourth-order valence-corrected chi connectivity index (χ4v) is 4.36. The number of rotatable bonds is 14. The maximum absolute atomic E-state index is 13.3. The lowest BCUT2D eigenvalue weighted by molar-refractivity contribution is -0.384. The molecule has 17 heteroatoms. The van der Waals surface area contributed by atoms with Gasteiger partial charge in [0.15, 0.2) is 30.6 Å². The number of nitrogens with one attached hydrogen (secondary N) is 1. The number of benzene rings is 1. The Morgan fingerprint density at radius 2 is 1.40 bits per heavy atom. The van der Waals surface area contributed by atoms with Gasteiger partial charge in [0.05, 0.1) is 4.92 Å². The van der Waals surface area contributed by atoms with Crippen LogP contribution in [0.25, 0.3) is 0 Å². The van der Waals surface area contributed by atoms with Crippen LogP contribution < -0.4 is 10.2 Å². The molecule has 1 aliphatic rings. The summed E-state index contributed by atoms with van der Waals surface area (Å²) in [6, 6.07) is 2.82. The molecule has 1 fully saturated rings. The molecule has 1 N–H and O–H groups in total. The van der Waals surface area contributed by atoms with Crippen molar-refractivity contribution >= 4 is 47.3 Å². The molecule has 236 valence electrons. The predicted molar refractivity (Wildman–Crippen MR) is 142 cm³/mol. The van der Waals surface area contributed by atoms with E-state index < -0.39 is 84.1 Å². The predicted octanol–water partition coefficient (Wildman–Crippen LogP) is 1.15. The van der Waals surface area contributed by atoms with Crippen molar-refractivity contribution in [3.8, 4) is 0 Å². The van der Waals surface area contributed by atoms with Crippen LogP contribution >= 0.6 is 0 Å². The highest BCUT2D eigenvalue weighted by molar-refractivity contribution is 5.95. The highest BCUT2D eigenvalue weighted by Crippen LogP contribution is 2.31. The van der Waals surface area contributed by atoms with Gasteiger partial charge in [-0.05, 0) is 19.1 Å². The number of non-ortho nitro benzene ring substituents is 1. The summed E-state index contributed by atoms with van der Waals surface area (Å²) < 4.78 is 32.5. The summed E-state index contributed by atoms with van der Waals surface area (Å²) in [7, 11) is 0. The summed E-state index contributed by atoms with van der Waals surface area (Å²) in [5.74, 6) is -4.46. The number of hydrogen-bond acceptors (Lipinski definition) is 14. The largest absolute Gasteiger partial charge is 0.462 e. The van der Waals surface area contributed by atoms with Crippen LogP contribution in [0, 0.1) is 10.1 Å². The van der Waals surface area contributed by atoms with Crippen LogP contribution in [0.1, 0.15) is 41.5 Å². The molecular weight excluding hydrogens is 578 g/mol. The monoisotopic (exact) mass is 611 g/mol. The molecule has 0 unspecified atom stereocenters. The number of urea groups is 1. The fourth-order valence-electron chi connectivity index (χ4n) is 4.36. The van der Waals surface area contributed by atoms with E-state index in [0.717, 1.165) is 39.5 Å². The van der Waals surface area contributed by atoms with Crippen LogP contribution in [-0.2, 0) is 52.4 Å². The molecule has 2 amide bonds. The number of nitro groups is 1. The third-order valence-electron chi connectivity index (χ3n) is 5.79. The topological polar surface area (TPSA) is 216 Å². The zero-order chi connectivity index (χ0) is 32.4. The molecule has 0 aliphatic carbocycles. The van der Waals surface area contributed by atoms with Crippen LogP contribution in [0.2, 0.25) is 0 Å². The Morgan fingerprint density at radius 1 is 0.860 bits per heavy atom. The Balaban J connectivity index is 2.69. The molecule has 0 saturated carbocycles. The van der Waals surface area contributed by atoms with E-state index in [2.05, 4.69) is 5.32 Å². The standard InChI is InChI=1S/C26H33N3O14/c1-7-38-25-21(27-26(35)28(25)18-8-10-19(11-9-18)29(36)37)23(42-16(5)33)24(43-17(6)34)22(41-15(4)32)20(40-14(3)31)12-39-13(2)30/h8-11,20-25H,7,12H2,1-6H3,(H,27,35)/t20-,21+,22+,23+,24+,25+/m1/s1. The van der Waals surface area contributed by atoms with Crippen molar-refractivity contribution in [1.82, 2.24) is 5.32 Å². The van der Waals surface area contributed by atoms with E-state index in [-0.39, 0.29) is 18.0 Å². The van der Waals surface area contributed by atoms with Crippen LogP contribution in [0.15, 0.2) is 24.3 Å². The first kappa shape index (κ1) is 34.4. The van der Waals surface area contributed by atoms with Crippen LogP contribution in [0.5, 0.6) is 0 Å². The lowest BCUT2D eigenvalue weighted by atomic mass is 9.95. The Labute approximate surface area is 245 Å². The van der Waals surface area contributed by atoms with Gasteiger partial charge in [0.25, 0.3) is 5.69 Å². The van der Waals surface area contributed by atoms with Crippen LogP contribution in [-0.4, -0.2) is 90.7 Å². The van der Waals surface area contributed by atoms with E-state index in [1.807, 2.05) is 0 Å². The van der Waals surface area contributed by atoms with Crippen LogP contribution in [0.4, 0.5) is 16.2 Å². The van der Waals surface area contributed by atoms with Crippen molar-refractivity contribution in [3.05, 3.63) is 34.4 Å². The zero-order valence-electron chi connectivity index (χ0n) is 24.3. The lowest BCUT2D eigenvalue weighted by Gasteiger charge is -2.38. The molecule has 43 heavy (non-hydrogen) atoms. The number of nitrogens with zero attached hydrogens (tertiary/aromatic N) is 2. The van der Waals surface area contributed by atoms with Gasteiger partial charge in [0.1, 0.15) is 12.6 Å². The molecular formula is C26H33N3O14. The summed E-state index contributed by atoms with van der Waals surface area (Å²) in [5, 5.41) is 13.7. The number of esters is 5. The first-order chi connectivity index (χ1) is 20.2. The zero-order valence-corrected chi connectivity index (χ0v) is 24.3. The highest BCUT2D eigenvalue weighted by Gasteiger charge is 2.54. The third kappa shape index (κ3) is 9.63. The number of anilines is 1. The number of hydrogen-bond donors (Lipinski definition) is 1. The van der Waals surface area contributed by atoms with E-state index in [9.17, 15) is 38.9 Å². The van der Waals surface area contributed by atoms with E-state index >= 15 is 0 Å². The third-order valence-corrected chi connectivity index (χ3v) is 5.79. The second-order valence-electron chi connectivity index (χ2n) is 9.14. The van der Waals surface area contributed by atoms with Gasteiger partial charge in [0.2, 0.25) is 0 Å². The minimum Gasteiger partial charge on any atom is -0.462 e. The number of carbonyl (C=O) groups excluding carboxylic acids is 6. The molecule has 0 spiro atoms. The number of ether oxygens (including phenoxy) is 6. The Kier molecular flexibility index (Phi) is 12.3. The summed E-state index contributed by atoms with van der Waals surface area (Å²) >= 11 is 0. The van der Waals surface area contributed by atoms with Crippen LogP contribution in [0.3, 0.4) is 0 Å². The maximum Gasteiger partial charge on any atom is 0.324 e. The molecule has 17 nitrogen and oxygen atoms in total.